The largest absolute Gasteiger partial charge is 0.351 e. The first kappa shape index (κ1) is 14.5. The fourth-order valence-corrected chi connectivity index (χ4v) is 1.82. The number of amides is 1. The molecule has 18 heavy (non-hydrogen) atoms. The summed E-state index contributed by atoms with van der Waals surface area (Å²) in [5, 5.41) is 16.4. The molecule has 0 unspecified atom stereocenters. The average molecular weight is 269 g/mol. The molecule has 0 aromatic heterocycles. The minimum Gasteiger partial charge on any atom is -0.351 e. The highest BCUT2D eigenvalue weighted by molar-refractivity contribution is 7.98. The van der Waals surface area contributed by atoms with Gasteiger partial charge < -0.3 is 10.6 Å². The van der Waals surface area contributed by atoms with E-state index in [4.69, 9.17) is 0 Å². The fraction of sp³-hybridized carbons (Fsp3) is 0.364. The third-order valence-corrected chi connectivity index (χ3v) is 3.03. The Morgan fingerprint density at radius 1 is 1.44 bits per heavy atom. The van der Waals surface area contributed by atoms with E-state index in [0.717, 1.165) is 4.90 Å². The molecule has 98 valence electrons. The number of carbonyl (C=O) groups is 1. The van der Waals surface area contributed by atoms with E-state index in [1.54, 1.807) is 13.1 Å². The molecule has 0 aliphatic rings. The van der Waals surface area contributed by atoms with Crippen molar-refractivity contribution >= 4 is 23.4 Å². The number of likely N-dealkylation sites (N-methyl/N-ethyl adjacent to an activating group) is 1. The van der Waals surface area contributed by atoms with Crippen molar-refractivity contribution in [3.63, 3.8) is 0 Å². The molecule has 0 aliphatic heterocycles. The van der Waals surface area contributed by atoms with E-state index in [1.807, 2.05) is 6.26 Å². The van der Waals surface area contributed by atoms with Gasteiger partial charge in [0.25, 0.3) is 11.6 Å². The Morgan fingerprint density at radius 2 is 2.17 bits per heavy atom. The van der Waals surface area contributed by atoms with Crippen LogP contribution in [0.15, 0.2) is 23.1 Å². The number of nitro groups is 1. The molecule has 0 spiro atoms. The predicted molar refractivity (Wildman–Crippen MR) is 71.1 cm³/mol. The third kappa shape index (κ3) is 3.71. The molecular formula is C11H15N3O3S. The number of hydrogen-bond donors (Lipinski definition) is 2. The molecule has 0 saturated carbocycles. The van der Waals surface area contributed by atoms with Gasteiger partial charge in [-0.2, -0.15) is 0 Å². The minimum atomic E-state index is -0.545. The molecule has 0 aliphatic carbocycles. The zero-order chi connectivity index (χ0) is 13.5. The van der Waals surface area contributed by atoms with Crippen LogP contribution in [0.1, 0.15) is 10.4 Å². The van der Waals surface area contributed by atoms with Crippen molar-refractivity contribution in [2.24, 2.45) is 0 Å². The molecule has 1 amide bonds. The quantitative estimate of drug-likeness (QED) is 0.351. The molecule has 0 saturated heterocycles. The predicted octanol–water partition coefficient (Wildman–Crippen LogP) is 1.27. The van der Waals surface area contributed by atoms with Crippen LogP contribution in [0, 0.1) is 10.1 Å². The molecule has 1 aromatic carbocycles. The first-order valence-corrected chi connectivity index (χ1v) is 6.58. The van der Waals surface area contributed by atoms with Gasteiger partial charge in [-0.05, 0) is 25.4 Å². The second-order valence-corrected chi connectivity index (χ2v) is 4.38. The van der Waals surface area contributed by atoms with Crippen LogP contribution >= 0.6 is 11.8 Å². The van der Waals surface area contributed by atoms with E-state index in [2.05, 4.69) is 10.6 Å². The second-order valence-electron chi connectivity index (χ2n) is 3.50. The number of hydrogen-bond acceptors (Lipinski definition) is 5. The number of carbonyl (C=O) groups excluding carboxylic acids is 1. The maximum atomic E-state index is 11.9. The molecule has 1 aromatic rings. The maximum absolute atomic E-state index is 11.9. The van der Waals surface area contributed by atoms with Gasteiger partial charge in [0.1, 0.15) is 5.56 Å². The smallest absolute Gasteiger partial charge is 0.282 e. The Bertz CT molecular complexity index is 451. The SMILES string of the molecule is CNCCNC(=O)c1cc(SC)ccc1[N+](=O)[O-]. The Labute approximate surface area is 109 Å². The normalized spacial score (nSPS) is 10.1. The van der Waals surface area contributed by atoms with Gasteiger partial charge in [0, 0.05) is 24.1 Å². The zero-order valence-corrected chi connectivity index (χ0v) is 11.0. The van der Waals surface area contributed by atoms with Crippen molar-refractivity contribution in [1.29, 1.82) is 0 Å². The second kappa shape index (κ2) is 6.97. The molecular weight excluding hydrogens is 254 g/mol. The van der Waals surface area contributed by atoms with Crippen molar-refractivity contribution in [3.05, 3.63) is 33.9 Å². The molecule has 2 N–H and O–H groups in total. The summed E-state index contributed by atoms with van der Waals surface area (Å²) in [4.78, 5) is 23.0. The van der Waals surface area contributed by atoms with Gasteiger partial charge in [0.15, 0.2) is 0 Å². The summed E-state index contributed by atoms with van der Waals surface area (Å²) < 4.78 is 0. The van der Waals surface area contributed by atoms with Crippen LogP contribution in [0.2, 0.25) is 0 Å². The lowest BCUT2D eigenvalue weighted by Gasteiger charge is -2.06. The maximum Gasteiger partial charge on any atom is 0.282 e. The van der Waals surface area contributed by atoms with Crippen LogP contribution in [0.5, 0.6) is 0 Å². The van der Waals surface area contributed by atoms with Gasteiger partial charge in [-0.15, -0.1) is 11.8 Å². The first-order chi connectivity index (χ1) is 8.60. The van der Waals surface area contributed by atoms with Crippen LogP contribution < -0.4 is 10.6 Å². The standard InChI is InChI=1S/C11H15N3O3S/c1-12-5-6-13-11(15)9-7-8(18-2)3-4-10(9)14(16)17/h3-4,7,12H,5-6H2,1-2H3,(H,13,15). The minimum absolute atomic E-state index is 0.1000. The number of nitro benzene ring substituents is 1. The van der Waals surface area contributed by atoms with Crippen LogP contribution in [0.4, 0.5) is 5.69 Å². The zero-order valence-electron chi connectivity index (χ0n) is 10.2. The topological polar surface area (TPSA) is 84.3 Å². The van der Waals surface area contributed by atoms with Gasteiger partial charge in [0.05, 0.1) is 4.92 Å². The van der Waals surface area contributed by atoms with Gasteiger partial charge in [-0.25, -0.2) is 0 Å². The molecule has 0 heterocycles. The van der Waals surface area contributed by atoms with E-state index >= 15 is 0 Å². The van der Waals surface area contributed by atoms with Crippen LogP contribution in [0.3, 0.4) is 0 Å². The lowest BCUT2D eigenvalue weighted by Crippen LogP contribution is -2.30. The van der Waals surface area contributed by atoms with E-state index < -0.39 is 10.8 Å². The third-order valence-electron chi connectivity index (χ3n) is 2.31. The highest BCUT2D eigenvalue weighted by Crippen LogP contribution is 2.24. The Hall–Kier alpha value is -1.60. The Morgan fingerprint density at radius 3 is 2.72 bits per heavy atom. The average Bonchev–Trinajstić information content (AvgIpc) is 2.38. The van der Waals surface area contributed by atoms with Crippen molar-refractivity contribution < 1.29 is 9.72 Å². The molecule has 0 radical (unpaired) electrons. The molecule has 0 fully saturated rings. The van der Waals surface area contributed by atoms with E-state index in [9.17, 15) is 14.9 Å². The van der Waals surface area contributed by atoms with E-state index in [0.29, 0.717) is 13.1 Å². The summed E-state index contributed by atoms with van der Waals surface area (Å²) in [6.45, 7) is 1.04. The van der Waals surface area contributed by atoms with E-state index in [1.165, 1.54) is 23.9 Å². The van der Waals surface area contributed by atoms with Crippen molar-refractivity contribution in [3.8, 4) is 0 Å². The van der Waals surface area contributed by atoms with Gasteiger partial charge in [-0.3, -0.25) is 14.9 Å². The van der Waals surface area contributed by atoms with Gasteiger partial charge in [0.2, 0.25) is 0 Å². The summed E-state index contributed by atoms with van der Waals surface area (Å²) >= 11 is 1.43. The van der Waals surface area contributed by atoms with Crippen LogP contribution in [-0.2, 0) is 0 Å². The Kier molecular flexibility index (Phi) is 5.60. The number of benzene rings is 1. The lowest BCUT2D eigenvalue weighted by molar-refractivity contribution is -0.385. The molecule has 0 atom stereocenters. The summed E-state index contributed by atoms with van der Waals surface area (Å²) in [6.07, 6.45) is 1.85. The Balaban J connectivity index is 2.96. The molecule has 1 rings (SSSR count). The highest BCUT2D eigenvalue weighted by Gasteiger charge is 2.20. The number of rotatable bonds is 6. The monoisotopic (exact) mass is 269 g/mol. The van der Waals surface area contributed by atoms with E-state index in [-0.39, 0.29) is 11.3 Å². The summed E-state index contributed by atoms with van der Waals surface area (Å²) in [5.41, 5.74) is -0.0716. The van der Waals surface area contributed by atoms with Crippen molar-refractivity contribution in [2.75, 3.05) is 26.4 Å². The fourth-order valence-electron chi connectivity index (χ4n) is 1.38. The van der Waals surface area contributed by atoms with Crippen LogP contribution in [-0.4, -0.2) is 37.2 Å². The molecule has 7 heteroatoms. The number of nitrogens with zero attached hydrogens (tertiary/aromatic N) is 1. The summed E-state index contributed by atoms with van der Waals surface area (Å²) in [6, 6.07) is 4.53. The number of nitrogens with one attached hydrogen (secondary N) is 2. The van der Waals surface area contributed by atoms with Gasteiger partial charge in [-0.1, -0.05) is 0 Å². The summed E-state index contributed by atoms with van der Waals surface area (Å²) in [7, 11) is 1.77. The summed E-state index contributed by atoms with van der Waals surface area (Å²) in [5.74, 6) is -0.423. The van der Waals surface area contributed by atoms with Crippen molar-refractivity contribution in [2.45, 2.75) is 4.90 Å². The highest BCUT2D eigenvalue weighted by atomic mass is 32.2. The van der Waals surface area contributed by atoms with Gasteiger partial charge >= 0.3 is 0 Å². The van der Waals surface area contributed by atoms with Crippen LogP contribution in [0.25, 0.3) is 0 Å². The van der Waals surface area contributed by atoms with Crippen molar-refractivity contribution in [1.82, 2.24) is 10.6 Å². The molecule has 0 bridgehead atoms. The number of thioether (sulfide) groups is 1. The lowest BCUT2D eigenvalue weighted by atomic mass is 10.1. The first-order valence-electron chi connectivity index (χ1n) is 5.35. The molecule has 6 nitrogen and oxygen atoms in total.